The molecule has 29 aromatic rings. The van der Waals surface area contributed by atoms with E-state index in [1.165, 1.54) is 268 Å². The number of nitrogens with zero attached hydrogens (tertiary/aromatic N) is 3. The van der Waals surface area contributed by atoms with Crippen LogP contribution in [0.3, 0.4) is 0 Å². The number of aromatic nitrogens is 3. The van der Waals surface area contributed by atoms with Gasteiger partial charge in [-0.2, -0.15) is 0 Å². The van der Waals surface area contributed by atoms with E-state index in [9.17, 15) is 0 Å². The van der Waals surface area contributed by atoms with Crippen LogP contribution in [-0.2, 0) is 0 Å². The Balaban J connectivity index is 0.000000106. The van der Waals surface area contributed by atoms with E-state index in [2.05, 4.69) is 554 Å². The monoisotopic (exact) mass is 1790 g/mol. The molecule has 0 saturated carbocycles. The molecule has 0 fully saturated rings. The van der Waals surface area contributed by atoms with Crippen molar-refractivity contribution in [3.63, 3.8) is 0 Å². The maximum Gasteiger partial charge on any atom is 0.0547 e. The number of benzene rings is 26. The van der Waals surface area contributed by atoms with Crippen LogP contribution in [-0.4, -0.2) is 13.7 Å². The summed E-state index contributed by atoms with van der Waals surface area (Å²) in [6, 6.07) is 197. The first-order valence-corrected chi connectivity index (χ1v) is 48.7. The van der Waals surface area contributed by atoms with E-state index >= 15 is 0 Å². The fourth-order valence-corrected chi connectivity index (χ4v) is 22.4. The minimum Gasteiger partial charge on any atom is -0.309 e. The van der Waals surface area contributed by atoms with Crippen LogP contribution >= 0.6 is 0 Å². The Hall–Kier alpha value is -18.5. The average Bonchev–Trinajstić information content (AvgIpc) is 1.59. The quantitative estimate of drug-likeness (QED) is 0.115. The summed E-state index contributed by atoms with van der Waals surface area (Å²) in [7, 11) is 0. The zero-order valence-corrected chi connectivity index (χ0v) is 77.2. The predicted molar refractivity (Wildman–Crippen MR) is 603 cm³/mol. The van der Waals surface area contributed by atoms with Gasteiger partial charge in [0.05, 0.1) is 33.1 Å². The van der Waals surface area contributed by atoms with E-state index in [1.54, 1.807) is 0 Å². The van der Waals surface area contributed by atoms with Crippen molar-refractivity contribution in [3.8, 4) is 106 Å². The van der Waals surface area contributed by atoms with Gasteiger partial charge in [-0.15, -0.1) is 0 Å². The topological polar surface area (TPSA) is 14.8 Å². The summed E-state index contributed by atoms with van der Waals surface area (Å²) >= 11 is 0. The van der Waals surface area contributed by atoms with Gasteiger partial charge in [-0.25, -0.2) is 0 Å². The van der Waals surface area contributed by atoms with E-state index < -0.39 is 0 Å². The van der Waals surface area contributed by atoms with Crippen molar-refractivity contribution >= 4 is 162 Å². The van der Waals surface area contributed by atoms with Gasteiger partial charge in [0, 0.05) is 49.4 Å². The number of fused-ring (bicyclic) bond motifs is 22. The second-order valence-electron chi connectivity index (χ2n) is 37.3. The van der Waals surface area contributed by atoms with Crippen LogP contribution in [0.15, 0.2) is 540 Å². The number of para-hydroxylation sites is 3. The SMILES string of the molecule is c1ccc(-c2ccc(-n3c4ccccc4c4c5cc(-c6cc7ccccc7c7ccccc67)ccc5ccc43)cc2)cc1.c1ccc(-c2ccc(-n3c4ccccc4c4c5ccc(-c6ccc7ccc(-c8ccc9ccccc9c8)cc7c6)cc5ccc43)cc2)cc1.c1ccc(-c2ccc(-n3c4ccccc4c4c5ccc(-c6ccc7ccc(-c8cccc9ccccc89)cc7c6)cc5ccc43)cc2)cc1. The Morgan fingerprint density at radius 2 is 0.369 bits per heavy atom. The molecule has 0 amide bonds. The van der Waals surface area contributed by atoms with Gasteiger partial charge in [0.1, 0.15) is 0 Å². The molecule has 3 heterocycles. The molecule has 3 aromatic heterocycles. The first-order valence-electron chi connectivity index (χ1n) is 48.7. The molecule has 656 valence electrons. The maximum absolute atomic E-state index is 2.41. The fourth-order valence-electron chi connectivity index (χ4n) is 22.4. The van der Waals surface area contributed by atoms with Crippen molar-refractivity contribution in [1.82, 2.24) is 13.7 Å². The van der Waals surface area contributed by atoms with Gasteiger partial charge in [-0.3, -0.25) is 0 Å². The van der Waals surface area contributed by atoms with Gasteiger partial charge in [0.15, 0.2) is 0 Å². The van der Waals surface area contributed by atoms with Gasteiger partial charge in [-0.05, 0) is 313 Å². The summed E-state index contributed by atoms with van der Waals surface area (Å²) in [6.45, 7) is 0. The summed E-state index contributed by atoms with van der Waals surface area (Å²) in [5.41, 5.74) is 30.6. The van der Waals surface area contributed by atoms with Gasteiger partial charge in [-0.1, -0.05) is 413 Å². The van der Waals surface area contributed by atoms with E-state index in [1.807, 2.05) is 0 Å². The van der Waals surface area contributed by atoms with Gasteiger partial charge >= 0.3 is 0 Å². The molecule has 0 unspecified atom stereocenters. The van der Waals surface area contributed by atoms with Crippen LogP contribution in [0.2, 0.25) is 0 Å². The standard InChI is InChI=1S/2C48H31N.C42H27N/c1-2-9-32(10-3-1)33-21-25-41(26-22-33)49-46-16-7-6-14-45(46)48-44-27-23-37(29-39(44)24-28-47(48)49)36-19-17-34-18-20-38(31-40(34)30-36)43-15-8-12-35-11-4-5-13-42(35)43;1-2-8-32(9-3-1)34-20-24-43(25-21-34)49-46-13-7-6-12-45(46)48-44-26-22-40(29-41(44)23-27-47(48)49)39-19-16-35-15-18-38(30-42(35)31-39)37-17-14-33-10-4-5-11-36(33)28-37;1-2-10-28(11-3-1)29-20-23-33(24-21-29)43-40-17-9-8-16-37(40)42-39-27-32(19-18-30(39)22-25-41(42)43)38-26-31-12-4-5-13-34(31)35-14-6-7-15-36(35)38/h2*1-31H;1-27H. The lowest BCUT2D eigenvalue weighted by atomic mass is 9.91. The summed E-state index contributed by atoms with van der Waals surface area (Å²) in [4.78, 5) is 0. The van der Waals surface area contributed by atoms with Crippen molar-refractivity contribution in [2.45, 2.75) is 0 Å². The zero-order valence-electron chi connectivity index (χ0n) is 77.2. The molecule has 0 aliphatic heterocycles. The Kier molecular flexibility index (Phi) is 20.0. The molecule has 26 aromatic carbocycles. The molecule has 3 heteroatoms. The van der Waals surface area contributed by atoms with Crippen molar-refractivity contribution in [3.05, 3.63) is 540 Å². The molecule has 0 saturated heterocycles. The molecule has 0 aliphatic carbocycles. The number of hydrogen-bond donors (Lipinski definition) is 0. The Morgan fingerprint density at radius 1 is 0.0993 bits per heavy atom. The highest BCUT2D eigenvalue weighted by Gasteiger charge is 2.22. The predicted octanol–water partition coefficient (Wildman–Crippen LogP) is 38.1. The second-order valence-corrected chi connectivity index (χ2v) is 37.3. The van der Waals surface area contributed by atoms with E-state index in [4.69, 9.17) is 0 Å². The molecule has 0 aliphatic rings. The van der Waals surface area contributed by atoms with Crippen LogP contribution in [0.25, 0.3) is 268 Å². The minimum absolute atomic E-state index is 1.17. The van der Waals surface area contributed by atoms with Crippen molar-refractivity contribution in [2.24, 2.45) is 0 Å². The number of rotatable bonds is 11. The van der Waals surface area contributed by atoms with Crippen LogP contribution in [0, 0.1) is 0 Å². The lowest BCUT2D eigenvalue weighted by Crippen LogP contribution is -1.93. The Labute approximate surface area is 816 Å². The molecule has 0 N–H and O–H groups in total. The van der Waals surface area contributed by atoms with E-state index in [0.717, 1.165) is 0 Å². The molecule has 0 spiro atoms. The maximum atomic E-state index is 2.41. The molecule has 141 heavy (non-hydrogen) atoms. The molecule has 0 atom stereocenters. The molecular formula is C138H89N3. The van der Waals surface area contributed by atoms with Crippen molar-refractivity contribution < 1.29 is 0 Å². The van der Waals surface area contributed by atoms with Gasteiger partial charge in [0.25, 0.3) is 0 Å². The van der Waals surface area contributed by atoms with E-state index in [0.29, 0.717) is 0 Å². The molecule has 3 nitrogen and oxygen atoms in total. The third kappa shape index (κ3) is 14.5. The Bertz CT molecular complexity index is 10000. The normalized spacial score (nSPS) is 11.7. The fraction of sp³-hybridized carbons (Fsp3) is 0. The van der Waals surface area contributed by atoms with Crippen LogP contribution in [0.4, 0.5) is 0 Å². The number of hydrogen-bond acceptors (Lipinski definition) is 0. The van der Waals surface area contributed by atoms with Crippen LogP contribution in [0.1, 0.15) is 0 Å². The first-order chi connectivity index (χ1) is 69.9. The lowest BCUT2D eigenvalue weighted by Gasteiger charge is -2.13. The molecule has 0 radical (unpaired) electrons. The van der Waals surface area contributed by atoms with Crippen LogP contribution in [0.5, 0.6) is 0 Å². The van der Waals surface area contributed by atoms with Gasteiger partial charge < -0.3 is 13.7 Å². The second kappa shape index (κ2) is 34.4. The highest BCUT2D eigenvalue weighted by Crippen LogP contribution is 2.47. The zero-order chi connectivity index (χ0) is 93.0. The third-order valence-electron chi connectivity index (χ3n) is 29.3. The first kappa shape index (κ1) is 82.0. The summed E-state index contributed by atoms with van der Waals surface area (Å²) in [5.74, 6) is 0. The smallest absolute Gasteiger partial charge is 0.0547 e. The van der Waals surface area contributed by atoms with Gasteiger partial charge in [0.2, 0.25) is 0 Å². The highest BCUT2D eigenvalue weighted by atomic mass is 15.0. The third-order valence-corrected chi connectivity index (χ3v) is 29.3. The molecular weight excluding hydrogens is 1700 g/mol. The molecule has 29 rings (SSSR count). The minimum atomic E-state index is 1.17. The summed E-state index contributed by atoms with van der Waals surface area (Å²) in [5, 5.41) is 30.5. The largest absolute Gasteiger partial charge is 0.309 e. The lowest BCUT2D eigenvalue weighted by molar-refractivity contribution is 1.18. The highest BCUT2D eigenvalue weighted by molar-refractivity contribution is 6.26. The van der Waals surface area contributed by atoms with E-state index in [-0.39, 0.29) is 0 Å². The van der Waals surface area contributed by atoms with Crippen molar-refractivity contribution in [2.75, 3.05) is 0 Å². The van der Waals surface area contributed by atoms with Crippen LogP contribution < -0.4 is 0 Å². The Morgan fingerprint density at radius 3 is 0.823 bits per heavy atom. The summed E-state index contributed by atoms with van der Waals surface area (Å²) < 4.78 is 7.23. The summed E-state index contributed by atoms with van der Waals surface area (Å²) in [6.07, 6.45) is 0. The molecule has 0 bridgehead atoms. The average molecular weight is 1790 g/mol. The van der Waals surface area contributed by atoms with Crippen molar-refractivity contribution in [1.29, 1.82) is 0 Å².